The molecule has 4 atom stereocenters. The zero-order chi connectivity index (χ0) is 17.1. The maximum atomic E-state index is 13.3. The normalized spacial score (nSPS) is 33.7. The van der Waals surface area contributed by atoms with Gasteiger partial charge in [-0.05, 0) is 74.5 Å². The molecule has 0 aromatic heterocycles. The van der Waals surface area contributed by atoms with Crippen LogP contribution < -0.4 is 4.90 Å². The molecule has 3 heteroatoms. The number of hydrogen-bond acceptors (Lipinski definition) is 2. The molecule has 2 saturated carbocycles. The van der Waals surface area contributed by atoms with Gasteiger partial charge in [-0.2, -0.15) is 0 Å². The molecule has 0 unspecified atom stereocenters. The first-order chi connectivity index (χ1) is 12.2. The third-order valence-corrected chi connectivity index (χ3v) is 7.10. The summed E-state index contributed by atoms with van der Waals surface area (Å²) in [5, 5.41) is 0. The first-order valence-electron chi connectivity index (χ1n) is 9.89. The van der Waals surface area contributed by atoms with Gasteiger partial charge in [0.2, 0.25) is 11.8 Å². The number of carbonyl (C=O) groups excluding carboxylic acids is 2. The molecule has 5 rings (SSSR count). The fourth-order valence-electron chi connectivity index (χ4n) is 6.03. The van der Waals surface area contributed by atoms with Gasteiger partial charge in [-0.1, -0.05) is 30.2 Å². The summed E-state index contributed by atoms with van der Waals surface area (Å²) in [5.41, 5.74) is 5.12. The Labute approximate surface area is 149 Å². The Morgan fingerprint density at radius 2 is 1.40 bits per heavy atom. The van der Waals surface area contributed by atoms with Crippen molar-refractivity contribution >= 4 is 17.5 Å². The lowest BCUT2D eigenvalue weighted by atomic mass is 9.66. The van der Waals surface area contributed by atoms with Gasteiger partial charge >= 0.3 is 0 Å². The fourth-order valence-corrected chi connectivity index (χ4v) is 6.03. The molecule has 3 fully saturated rings. The Kier molecular flexibility index (Phi) is 3.41. The fraction of sp³-hybridized carbons (Fsp3) is 0.545. The van der Waals surface area contributed by atoms with E-state index in [1.165, 1.54) is 23.3 Å². The van der Waals surface area contributed by atoms with Crippen LogP contribution in [0.2, 0.25) is 0 Å². The number of anilines is 1. The van der Waals surface area contributed by atoms with Crippen LogP contribution in [0.1, 0.15) is 51.0 Å². The first kappa shape index (κ1) is 15.4. The molecule has 3 aliphatic carbocycles. The third kappa shape index (κ3) is 2.04. The second kappa shape index (κ2) is 5.55. The van der Waals surface area contributed by atoms with Crippen LogP contribution in [0.15, 0.2) is 35.4 Å². The summed E-state index contributed by atoms with van der Waals surface area (Å²) in [7, 11) is 0. The van der Waals surface area contributed by atoms with E-state index in [0.717, 1.165) is 37.8 Å². The van der Waals surface area contributed by atoms with E-state index in [2.05, 4.69) is 6.92 Å². The van der Waals surface area contributed by atoms with Gasteiger partial charge in [0.15, 0.2) is 0 Å². The lowest BCUT2D eigenvalue weighted by Gasteiger charge is -2.34. The third-order valence-electron chi connectivity index (χ3n) is 7.10. The first-order valence-corrected chi connectivity index (χ1v) is 9.89. The maximum absolute atomic E-state index is 13.3. The van der Waals surface area contributed by atoms with Gasteiger partial charge in [0.05, 0.1) is 17.5 Å². The van der Waals surface area contributed by atoms with Gasteiger partial charge in [0, 0.05) is 0 Å². The lowest BCUT2D eigenvalue weighted by Crippen LogP contribution is -2.35. The van der Waals surface area contributed by atoms with Crippen LogP contribution in [0.3, 0.4) is 0 Å². The number of allylic oxidation sites excluding steroid dienone is 2. The number of benzene rings is 1. The summed E-state index contributed by atoms with van der Waals surface area (Å²) >= 11 is 0. The predicted octanol–water partition coefficient (Wildman–Crippen LogP) is 4.27. The van der Waals surface area contributed by atoms with Crippen molar-refractivity contribution in [3.63, 3.8) is 0 Å². The van der Waals surface area contributed by atoms with Crippen LogP contribution in [0.4, 0.5) is 5.69 Å². The number of nitrogens with zero attached hydrogens (tertiary/aromatic N) is 1. The molecule has 130 valence electrons. The second-order valence-electron chi connectivity index (χ2n) is 8.13. The van der Waals surface area contributed by atoms with E-state index in [0.29, 0.717) is 11.8 Å². The zero-order valence-electron chi connectivity index (χ0n) is 14.8. The van der Waals surface area contributed by atoms with Crippen molar-refractivity contribution in [3.05, 3.63) is 41.0 Å². The number of amides is 2. The Morgan fingerprint density at radius 3 is 1.88 bits per heavy atom. The molecule has 0 radical (unpaired) electrons. The Hall–Kier alpha value is -1.90. The highest BCUT2D eigenvalue weighted by molar-refractivity contribution is 6.22. The van der Waals surface area contributed by atoms with Crippen molar-refractivity contribution < 1.29 is 9.59 Å². The summed E-state index contributed by atoms with van der Waals surface area (Å²) in [4.78, 5) is 28.2. The molecule has 1 aliphatic heterocycles. The molecule has 25 heavy (non-hydrogen) atoms. The largest absolute Gasteiger partial charge is 0.274 e. The molecular weight excluding hydrogens is 310 g/mol. The molecule has 0 spiro atoms. The minimum absolute atomic E-state index is 0.0644. The van der Waals surface area contributed by atoms with Crippen LogP contribution in [-0.4, -0.2) is 11.8 Å². The molecule has 2 amide bonds. The van der Waals surface area contributed by atoms with E-state index in [1.54, 1.807) is 11.1 Å². The van der Waals surface area contributed by atoms with Crippen molar-refractivity contribution in [2.45, 2.75) is 51.9 Å². The zero-order valence-corrected chi connectivity index (χ0v) is 14.8. The standard InChI is InChI=1S/C22H25NO2/c1-2-13-9-11-14(12-10-13)23-21(24)19-17-7-3-5-15(17)16-6-4-8-18(16)20(19)22(23)25/h9-12,17-20H,2-8H2,1H3/t17-,18-,19-,20-/m1/s1. The number of hydrogen-bond donors (Lipinski definition) is 0. The topological polar surface area (TPSA) is 37.4 Å². The monoisotopic (exact) mass is 335 g/mol. The van der Waals surface area contributed by atoms with Crippen molar-refractivity contribution in [1.29, 1.82) is 0 Å². The van der Waals surface area contributed by atoms with Gasteiger partial charge in [-0.25, -0.2) is 0 Å². The highest BCUT2D eigenvalue weighted by Crippen LogP contribution is 2.57. The predicted molar refractivity (Wildman–Crippen MR) is 97.0 cm³/mol. The minimum Gasteiger partial charge on any atom is -0.274 e. The van der Waals surface area contributed by atoms with Gasteiger partial charge < -0.3 is 0 Å². The average molecular weight is 335 g/mol. The molecule has 4 aliphatic rings. The van der Waals surface area contributed by atoms with Gasteiger partial charge in [-0.15, -0.1) is 0 Å². The molecular formula is C22H25NO2. The van der Waals surface area contributed by atoms with Crippen molar-refractivity contribution in [2.75, 3.05) is 4.90 Å². The number of rotatable bonds is 2. The molecule has 3 nitrogen and oxygen atoms in total. The van der Waals surface area contributed by atoms with Crippen LogP contribution in [-0.2, 0) is 16.0 Å². The van der Waals surface area contributed by atoms with E-state index in [-0.39, 0.29) is 23.7 Å². The second-order valence-corrected chi connectivity index (χ2v) is 8.13. The SMILES string of the molecule is CCc1ccc(N2C(=O)[C@H]3[C@H](C2=O)[C@@H]2CCCC2=C2CCC[C@H]23)cc1. The van der Waals surface area contributed by atoms with Gasteiger partial charge in [0.25, 0.3) is 0 Å². The number of imide groups is 1. The molecule has 1 saturated heterocycles. The van der Waals surface area contributed by atoms with Gasteiger partial charge in [0.1, 0.15) is 0 Å². The van der Waals surface area contributed by atoms with Crippen molar-refractivity contribution in [1.82, 2.24) is 0 Å². The van der Waals surface area contributed by atoms with Gasteiger partial charge in [-0.3, -0.25) is 14.5 Å². The van der Waals surface area contributed by atoms with E-state index < -0.39 is 0 Å². The van der Waals surface area contributed by atoms with E-state index in [1.807, 2.05) is 24.3 Å². The summed E-state index contributed by atoms with van der Waals surface area (Å²) < 4.78 is 0. The van der Waals surface area contributed by atoms with Crippen LogP contribution >= 0.6 is 0 Å². The van der Waals surface area contributed by atoms with E-state index in [4.69, 9.17) is 0 Å². The molecule has 0 N–H and O–H groups in total. The highest BCUT2D eigenvalue weighted by Gasteiger charge is 2.59. The molecule has 1 aromatic carbocycles. The minimum atomic E-state index is -0.0947. The summed E-state index contributed by atoms with van der Waals surface area (Å²) in [6.07, 6.45) is 7.84. The number of aryl methyl sites for hydroxylation is 1. The van der Waals surface area contributed by atoms with Crippen LogP contribution in [0, 0.1) is 23.7 Å². The van der Waals surface area contributed by atoms with Crippen molar-refractivity contribution in [2.24, 2.45) is 23.7 Å². The quantitative estimate of drug-likeness (QED) is 0.598. The Morgan fingerprint density at radius 1 is 0.880 bits per heavy atom. The Bertz CT molecular complexity index is 734. The van der Waals surface area contributed by atoms with E-state index >= 15 is 0 Å². The summed E-state index contributed by atoms with van der Waals surface area (Å²) in [5.74, 6) is 0.617. The van der Waals surface area contributed by atoms with Crippen LogP contribution in [0.25, 0.3) is 0 Å². The number of fused-ring (bicyclic) bond motifs is 5. The summed E-state index contributed by atoms with van der Waals surface area (Å²) in [6.45, 7) is 2.12. The highest BCUT2D eigenvalue weighted by atomic mass is 16.2. The molecule has 1 heterocycles. The van der Waals surface area contributed by atoms with Crippen molar-refractivity contribution in [3.8, 4) is 0 Å². The average Bonchev–Trinajstić information content (AvgIpc) is 3.33. The van der Waals surface area contributed by atoms with Crippen LogP contribution in [0.5, 0.6) is 0 Å². The number of carbonyl (C=O) groups is 2. The van der Waals surface area contributed by atoms with E-state index in [9.17, 15) is 9.59 Å². The smallest absolute Gasteiger partial charge is 0.238 e. The maximum Gasteiger partial charge on any atom is 0.238 e. The molecule has 1 aromatic rings. The lowest BCUT2D eigenvalue weighted by molar-refractivity contribution is -0.122. The summed E-state index contributed by atoms with van der Waals surface area (Å²) in [6, 6.07) is 7.98. The molecule has 0 bridgehead atoms. The Balaban J connectivity index is 1.56.